The first kappa shape index (κ1) is 15.3. The molecule has 6 nitrogen and oxygen atoms in total. The van der Waals surface area contributed by atoms with E-state index in [1.54, 1.807) is 12.1 Å². The van der Waals surface area contributed by atoms with Crippen molar-refractivity contribution in [3.05, 3.63) is 48.2 Å². The fourth-order valence-electron chi connectivity index (χ4n) is 1.70. The van der Waals surface area contributed by atoms with Crippen molar-refractivity contribution in [3.8, 4) is 0 Å². The molecule has 0 fully saturated rings. The van der Waals surface area contributed by atoms with E-state index in [2.05, 4.69) is 9.71 Å². The van der Waals surface area contributed by atoms with E-state index in [0.717, 1.165) is 5.69 Å². The van der Waals surface area contributed by atoms with Gasteiger partial charge in [-0.3, -0.25) is 4.72 Å². The molecule has 1 aromatic carbocycles. The molecule has 0 aliphatic rings. The predicted octanol–water partition coefficient (Wildman–Crippen LogP) is 1.44. The number of sulfonamides is 1. The Balaban J connectivity index is 2.19. The first-order chi connectivity index (χ1) is 9.92. The fourth-order valence-corrected chi connectivity index (χ4v) is 2.69. The number of benzene rings is 1. The molecule has 0 unspecified atom stereocenters. The largest absolute Gasteiger partial charge is 0.392 e. The summed E-state index contributed by atoms with van der Waals surface area (Å²) in [6.07, 6.45) is 1.34. The number of aliphatic hydroxyl groups excluding tert-OH is 1. The molecule has 0 aliphatic carbocycles. The third-order valence-electron chi connectivity index (χ3n) is 2.89. The number of rotatable bonds is 5. The lowest BCUT2D eigenvalue weighted by Crippen LogP contribution is -2.15. The number of aromatic nitrogens is 1. The monoisotopic (exact) mass is 307 g/mol. The lowest BCUT2D eigenvalue weighted by atomic mass is 10.3. The van der Waals surface area contributed by atoms with Crippen molar-refractivity contribution in [1.82, 2.24) is 4.98 Å². The van der Waals surface area contributed by atoms with Crippen LogP contribution in [0.1, 0.15) is 5.56 Å². The molecule has 2 aromatic rings. The van der Waals surface area contributed by atoms with Gasteiger partial charge in [0.1, 0.15) is 0 Å². The number of aliphatic hydroxyl groups is 1. The van der Waals surface area contributed by atoms with Gasteiger partial charge < -0.3 is 10.0 Å². The molecular weight excluding hydrogens is 290 g/mol. The highest BCUT2D eigenvalue weighted by Gasteiger charge is 2.15. The number of hydrogen-bond acceptors (Lipinski definition) is 5. The zero-order chi connectivity index (χ0) is 15.5. The summed E-state index contributed by atoms with van der Waals surface area (Å²) in [5, 5.41) is 8.84. The van der Waals surface area contributed by atoms with Gasteiger partial charge >= 0.3 is 0 Å². The van der Waals surface area contributed by atoms with E-state index in [1.807, 2.05) is 31.1 Å². The van der Waals surface area contributed by atoms with Crippen LogP contribution in [0.5, 0.6) is 0 Å². The van der Waals surface area contributed by atoms with Gasteiger partial charge in [0.15, 0.2) is 5.03 Å². The Kier molecular flexibility index (Phi) is 4.44. The summed E-state index contributed by atoms with van der Waals surface area (Å²) in [6.45, 7) is -0.174. The Bertz CT molecular complexity index is 695. The molecule has 1 aromatic heterocycles. The SMILES string of the molecule is CN(C)c1ccc(NS(=O)(=O)c2ccc(CO)cn2)cc1. The Labute approximate surface area is 124 Å². The summed E-state index contributed by atoms with van der Waals surface area (Å²) in [5.74, 6) is 0. The van der Waals surface area contributed by atoms with Gasteiger partial charge in [0, 0.05) is 31.7 Å². The molecule has 0 radical (unpaired) electrons. The van der Waals surface area contributed by atoms with Crippen molar-refractivity contribution >= 4 is 21.4 Å². The quantitative estimate of drug-likeness (QED) is 0.873. The second-order valence-corrected chi connectivity index (χ2v) is 6.34. The zero-order valence-corrected chi connectivity index (χ0v) is 12.6. The molecule has 0 aliphatic heterocycles. The van der Waals surface area contributed by atoms with Gasteiger partial charge in [-0.15, -0.1) is 0 Å². The molecule has 2 rings (SSSR count). The van der Waals surface area contributed by atoms with Crippen LogP contribution in [0.15, 0.2) is 47.6 Å². The normalized spacial score (nSPS) is 11.2. The molecule has 1 heterocycles. The highest BCUT2D eigenvalue weighted by molar-refractivity contribution is 7.92. The van der Waals surface area contributed by atoms with E-state index < -0.39 is 10.0 Å². The molecule has 0 amide bonds. The number of pyridine rings is 1. The highest BCUT2D eigenvalue weighted by atomic mass is 32.2. The molecule has 0 atom stereocenters. The van der Waals surface area contributed by atoms with Gasteiger partial charge in [-0.25, -0.2) is 4.98 Å². The number of nitrogens with zero attached hydrogens (tertiary/aromatic N) is 2. The second kappa shape index (κ2) is 6.11. The Hall–Kier alpha value is -2.12. The Morgan fingerprint density at radius 3 is 2.29 bits per heavy atom. The topological polar surface area (TPSA) is 82.5 Å². The summed E-state index contributed by atoms with van der Waals surface area (Å²) < 4.78 is 26.8. The van der Waals surface area contributed by atoms with Gasteiger partial charge in [0.2, 0.25) is 0 Å². The van der Waals surface area contributed by atoms with Crippen molar-refractivity contribution in [2.75, 3.05) is 23.7 Å². The Morgan fingerprint density at radius 2 is 1.81 bits per heavy atom. The van der Waals surface area contributed by atoms with Crippen LogP contribution in [0.25, 0.3) is 0 Å². The first-order valence-corrected chi connectivity index (χ1v) is 7.77. The molecule has 7 heteroatoms. The van der Waals surface area contributed by atoms with E-state index in [4.69, 9.17) is 5.11 Å². The molecule has 2 N–H and O–H groups in total. The van der Waals surface area contributed by atoms with Crippen LogP contribution in [0, 0.1) is 0 Å². The van der Waals surface area contributed by atoms with E-state index >= 15 is 0 Å². The molecular formula is C14H17N3O3S. The van der Waals surface area contributed by atoms with Gasteiger partial charge in [0.05, 0.1) is 6.61 Å². The third-order valence-corrected chi connectivity index (χ3v) is 4.19. The average molecular weight is 307 g/mol. The van der Waals surface area contributed by atoms with E-state index in [0.29, 0.717) is 11.3 Å². The summed E-state index contributed by atoms with van der Waals surface area (Å²) in [5.41, 5.74) is 2.00. The molecule has 21 heavy (non-hydrogen) atoms. The summed E-state index contributed by atoms with van der Waals surface area (Å²) >= 11 is 0. The maximum atomic E-state index is 12.2. The van der Waals surface area contributed by atoms with E-state index in [-0.39, 0.29) is 11.6 Å². The maximum Gasteiger partial charge on any atom is 0.279 e. The lowest BCUT2D eigenvalue weighted by molar-refractivity contribution is 0.281. The fraction of sp³-hybridized carbons (Fsp3) is 0.214. The minimum Gasteiger partial charge on any atom is -0.392 e. The second-order valence-electron chi connectivity index (χ2n) is 4.71. The lowest BCUT2D eigenvalue weighted by Gasteiger charge is -2.13. The minimum absolute atomic E-state index is 0.0867. The van der Waals surface area contributed by atoms with Crippen molar-refractivity contribution in [3.63, 3.8) is 0 Å². The van der Waals surface area contributed by atoms with Crippen molar-refractivity contribution < 1.29 is 13.5 Å². The highest BCUT2D eigenvalue weighted by Crippen LogP contribution is 2.18. The zero-order valence-electron chi connectivity index (χ0n) is 11.8. The summed E-state index contributed by atoms with van der Waals surface area (Å²) in [6, 6.07) is 9.91. The molecule has 0 bridgehead atoms. The van der Waals surface area contributed by atoms with Crippen molar-refractivity contribution in [1.29, 1.82) is 0 Å². The van der Waals surface area contributed by atoms with Crippen molar-refractivity contribution in [2.24, 2.45) is 0 Å². The smallest absolute Gasteiger partial charge is 0.279 e. The Morgan fingerprint density at radius 1 is 1.14 bits per heavy atom. The van der Waals surface area contributed by atoms with Crippen LogP contribution in [-0.2, 0) is 16.6 Å². The summed E-state index contributed by atoms with van der Waals surface area (Å²) in [4.78, 5) is 5.77. The van der Waals surface area contributed by atoms with E-state index in [1.165, 1.54) is 18.3 Å². The van der Waals surface area contributed by atoms with E-state index in [9.17, 15) is 8.42 Å². The first-order valence-electron chi connectivity index (χ1n) is 6.28. The molecule has 0 spiro atoms. The van der Waals surface area contributed by atoms with Crippen LogP contribution in [0.2, 0.25) is 0 Å². The van der Waals surface area contributed by atoms with Gasteiger partial charge in [-0.05, 0) is 35.9 Å². The number of hydrogen-bond donors (Lipinski definition) is 2. The maximum absolute atomic E-state index is 12.2. The standard InChI is InChI=1S/C14H17N3O3S/c1-17(2)13-6-4-12(5-7-13)16-21(19,20)14-8-3-11(10-18)9-15-14/h3-9,16,18H,10H2,1-2H3. The number of nitrogens with one attached hydrogen (secondary N) is 1. The average Bonchev–Trinajstić information content (AvgIpc) is 2.47. The molecule has 112 valence electrons. The van der Waals surface area contributed by atoms with Gasteiger partial charge in [-0.2, -0.15) is 8.42 Å². The van der Waals surface area contributed by atoms with Crippen molar-refractivity contribution in [2.45, 2.75) is 11.6 Å². The van der Waals surface area contributed by atoms with Gasteiger partial charge in [-0.1, -0.05) is 6.07 Å². The summed E-state index contributed by atoms with van der Waals surface area (Å²) in [7, 11) is 0.0893. The third kappa shape index (κ3) is 3.71. The number of anilines is 2. The molecule has 0 saturated heterocycles. The van der Waals surface area contributed by atoms with Crippen LogP contribution >= 0.6 is 0 Å². The van der Waals surface area contributed by atoms with Crippen LogP contribution in [-0.4, -0.2) is 32.6 Å². The van der Waals surface area contributed by atoms with Crippen LogP contribution < -0.4 is 9.62 Å². The predicted molar refractivity (Wildman–Crippen MR) is 81.7 cm³/mol. The van der Waals surface area contributed by atoms with Gasteiger partial charge in [0.25, 0.3) is 10.0 Å². The minimum atomic E-state index is -3.73. The van der Waals surface area contributed by atoms with Crippen LogP contribution in [0.4, 0.5) is 11.4 Å². The molecule has 0 saturated carbocycles. The van der Waals surface area contributed by atoms with Crippen LogP contribution in [0.3, 0.4) is 0 Å².